The Morgan fingerprint density at radius 1 is 1.62 bits per heavy atom. The molecule has 0 aliphatic heterocycles. The Labute approximate surface area is 91.5 Å². The van der Waals surface area contributed by atoms with Gasteiger partial charge in [-0.1, -0.05) is 0 Å². The summed E-state index contributed by atoms with van der Waals surface area (Å²) in [5.74, 6) is -1.09. The van der Waals surface area contributed by atoms with Crippen molar-refractivity contribution in [1.82, 2.24) is 9.55 Å². The predicted octanol–water partition coefficient (Wildman–Crippen LogP) is 0.675. The van der Waals surface area contributed by atoms with Crippen LogP contribution < -0.4 is 10.4 Å². The number of aromatic carboxylic acids is 1. The summed E-state index contributed by atoms with van der Waals surface area (Å²) in [6.07, 6.45) is 2.67. The van der Waals surface area contributed by atoms with Crippen molar-refractivity contribution in [3.05, 3.63) is 22.2 Å². The molecular weight excluding hydrogens is 212 g/mol. The number of hydrogen-bond acceptors (Lipinski definition) is 4. The van der Waals surface area contributed by atoms with Crippen LogP contribution in [-0.2, 0) is 0 Å². The van der Waals surface area contributed by atoms with Gasteiger partial charge in [-0.15, -0.1) is 0 Å². The fraction of sp³-hybridized carbons (Fsp3) is 0.500. The number of carboxylic acids is 1. The fourth-order valence-corrected chi connectivity index (χ4v) is 1.74. The number of hydrogen-bond donors (Lipinski definition) is 1. The molecule has 1 aliphatic rings. The molecule has 0 aromatic carbocycles. The van der Waals surface area contributed by atoms with E-state index in [1.807, 2.05) is 0 Å². The second-order valence-corrected chi connectivity index (χ2v) is 3.73. The predicted molar refractivity (Wildman–Crippen MR) is 54.9 cm³/mol. The maximum absolute atomic E-state index is 11.7. The molecule has 6 heteroatoms. The van der Waals surface area contributed by atoms with E-state index in [0.717, 1.165) is 19.3 Å². The van der Waals surface area contributed by atoms with Gasteiger partial charge in [-0.3, -0.25) is 4.57 Å². The summed E-state index contributed by atoms with van der Waals surface area (Å²) in [6, 6.07) is 1.25. The molecule has 1 heterocycles. The third-order valence-corrected chi connectivity index (χ3v) is 2.80. The standard InChI is InChI=1S/C10H12N2O4/c1-16-8-5-7(9(13)14)12(10(15)11-8)6-3-2-4-6/h5-6H,2-4H2,1H3,(H,13,14). The van der Waals surface area contributed by atoms with Crippen LogP contribution in [0.4, 0.5) is 0 Å². The van der Waals surface area contributed by atoms with Crippen molar-refractivity contribution in [2.24, 2.45) is 0 Å². The summed E-state index contributed by atoms with van der Waals surface area (Å²) in [6.45, 7) is 0. The van der Waals surface area contributed by atoms with Crippen LogP contribution >= 0.6 is 0 Å². The lowest BCUT2D eigenvalue weighted by molar-refractivity contribution is 0.0674. The Morgan fingerprint density at radius 2 is 2.31 bits per heavy atom. The monoisotopic (exact) mass is 224 g/mol. The van der Waals surface area contributed by atoms with E-state index in [2.05, 4.69) is 4.98 Å². The highest BCUT2D eigenvalue weighted by Crippen LogP contribution is 2.31. The Morgan fingerprint density at radius 3 is 2.75 bits per heavy atom. The van der Waals surface area contributed by atoms with Crippen molar-refractivity contribution in [1.29, 1.82) is 0 Å². The van der Waals surface area contributed by atoms with E-state index >= 15 is 0 Å². The quantitative estimate of drug-likeness (QED) is 0.816. The molecule has 0 saturated heterocycles. The summed E-state index contributed by atoms with van der Waals surface area (Å²) in [5, 5.41) is 9.04. The van der Waals surface area contributed by atoms with Gasteiger partial charge in [-0.2, -0.15) is 4.98 Å². The van der Waals surface area contributed by atoms with Gasteiger partial charge in [-0.25, -0.2) is 9.59 Å². The van der Waals surface area contributed by atoms with Crippen molar-refractivity contribution in [3.8, 4) is 5.88 Å². The van der Waals surface area contributed by atoms with Gasteiger partial charge in [-0.05, 0) is 19.3 Å². The number of aromatic nitrogens is 2. The van der Waals surface area contributed by atoms with Crippen molar-refractivity contribution >= 4 is 5.97 Å². The highest BCUT2D eigenvalue weighted by Gasteiger charge is 2.26. The van der Waals surface area contributed by atoms with Gasteiger partial charge in [0.15, 0.2) is 0 Å². The van der Waals surface area contributed by atoms with Crippen LogP contribution in [0.1, 0.15) is 35.8 Å². The van der Waals surface area contributed by atoms with Gasteiger partial charge in [0.2, 0.25) is 5.88 Å². The van der Waals surface area contributed by atoms with Gasteiger partial charge < -0.3 is 9.84 Å². The van der Waals surface area contributed by atoms with Crippen molar-refractivity contribution in [2.45, 2.75) is 25.3 Å². The lowest BCUT2D eigenvalue weighted by Crippen LogP contribution is -2.34. The van der Waals surface area contributed by atoms with E-state index in [-0.39, 0.29) is 17.6 Å². The van der Waals surface area contributed by atoms with Crippen LogP contribution in [0.15, 0.2) is 10.9 Å². The fourth-order valence-electron chi connectivity index (χ4n) is 1.74. The zero-order valence-electron chi connectivity index (χ0n) is 8.84. The molecule has 2 rings (SSSR count). The number of carbonyl (C=O) groups is 1. The van der Waals surface area contributed by atoms with E-state index in [1.165, 1.54) is 17.7 Å². The van der Waals surface area contributed by atoms with Gasteiger partial charge in [0, 0.05) is 12.1 Å². The molecule has 0 amide bonds. The largest absolute Gasteiger partial charge is 0.481 e. The molecule has 86 valence electrons. The molecule has 0 bridgehead atoms. The number of rotatable bonds is 3. The molecule has 1 aromatic rings. The molecule has 0 spiro atoms. The van der Waals surface area contributed by atoms with E-state index in [4.69, 9.17) is 9.84 Å². The molecule has 1 fully saturated rings. The number of methoxy groups -OCH3 is 1. The first-order valence-corrected chi connectivity index (χ1v) is 5.04. The van der Waals surface area contributed by atoms with Gasteiger partial charge in [0.05, 0.1) is 7.11 Å². The zero-order valence-corrected chi connectivity index (χ0v) is 8.84. The normalized spacial score (nSPS) is 15.6. The van der Waals surface area contributed by atoms with E-state index in [1.54, 1.807) is 0 Å². The first-order chi connectivity index (χ1) is 7.63. The van der Waals surface area contributed by atoms with Crippen LogP contribution in [0.2, 0.25) is 0 Å². The van der Waals surface area contributed by atoms with Crippen molar-refractivity contribution in [2.75, 3.05) is 7.11 Å². The molecule has 1 aliphatic carbocycles. The minimum absolute atomic E-state index is 0.0305. The Hall–Kier alpha value is -1.85. The third-order valence-electron chi connectivity index (χ3n) is 2.80. The van der Waals surface area contributed by atoms with Crippen LogP contribution in [-0.4, -0.2) is 27.7 Å². The second kappa shape index (κ2) is 3.96. The average Bonchev–Trinajstić information content (AvgIpc) is 2.17. The number of carboxylic acid groups (broad SMARTS) is 1. The molecular formula is C10H12N2O4. The summed E-state index contributed by atoms with van der Waals surface area (Å²) in [7, 11) is 1.35. The van der Waals surface area contributed by atoms with Crippen LogP contribution in [0.5, 0.6) is 5.88 Å². The molecule has 16 heavy (non-hydrogen) atoms. The maximum atomic E-state index is 11.7. The van der Waals surface area contributed by atoms with Crippen LogP contribution in [0.3, 0.4) is 0 Å². The summed E-state index contributed by atoms with van der Waals surface area (Å²) < 4.78 is 6.03. The lowest BCUT2D eigenvalue weighted by Gasteiger charge is -2.28. The Balaban J connectivity index is 2.56. The maximum Gasteiger partial charge on any atom is 0.352 e. The van der Waals surface area contributed by atoms with E-state index in [9.17, 15) is 9.59 Å². The number of ether oxygens (including phenoxy) is 1. The topological polar surface area (TPSA) is 81.4 Å². The highest BCUT2D eigenvalue weighted by molar-refractivity contribution is 5.86. The lowest BCUT2D eigenvalue weighted by atomic mass is 9.92. The van der Waals surface area contributed by atoms with Gasteiger partial charge >= 0.3 is 11.7 Å². The molecule has 6 nitrogen and oxygen atoms in total. The van der Waals surface area contributed by atoms with Crippen LogP contribution in [0, 0.1) is 0 Å². The molecule has 1 N–H and O–H groups in total. The molecule has 1 aromatic heterocycles. The Bertz CT molecular complexity index is 476. The molecule has 1 saturated carbocycles. The minimum atomic E-state index is -1.13. The van der Waals surface area contributed by atoms with Crippen molar-refractivity contribution < 1.29 is 14.6 Å². The molecule has 0 unspecified atom stereocenters. The summed E-state index contributed by atoms with van der Waals surface area (Å²) in [5.41, 5.74) is -0.608. The first-order valence-electron chi connectivity index (χ1n) is 5.04. The zero-order chi connectivity index (χ0) is 11.7. The average molecular weight is 224 g/mol. The van der Waals surface area contributed by atoms with Gasteiger partial charge in [0.25, 0.3) is 0 Å². The Kier molecular flexibility index (Phi) is 2.64. The third kappa shape index (κ3) is 1.66. The van der Waals surface area contributed by atoms with E-state index < -0.39 is 11.7 Å². The molecule has 0 atom stereocenters. The van der Waals surface area contributed by atoms with Crippen LogP contribution in [0.25, 0.3) is 0 Å². The first kappa shape index (κ1) is 10.7. The summed E-state index contributed by atoms with van der Waals surface area (Å²) >= 11 is 0. The van der Waals surface area contributed by atoms with Crippen molar-refractivity contribution in [3.63, 3.8) is 0 Å². The van der Waals surface area contributed by atoms with E-state index in [0.29, 0.717) is 0 Å². The second-order valence-electron chi connectivity index (χ2n) is 3.73. The minimum Gasteiger partial charge on any atom is -0.481 e. The summed E-state index contributed by atoms with van der Waals surface area (Å²) in [4.78, 5) is 26.4. The molecule has 0 radical (unpaired) electrons. The SMILES string of the molecule is COc1cc(C(=O)O)n(C2CCC2)c(=O)n1. The highest BCUT2D eigenvalue weighted by atomic mass is 16.5. The smallest absolute Gasteiger partial charge is 0.352 e. The van der Waals surface area contributed by atoms with Gasteiger partial charge in [0.1, 0.15) is 5.69 Å². The number of nitrogens with zero attached hydrogens (tertiary/aromatic N) is 2.